The van der Waals surface area contributed by atoms with Crippen molar-refractivity contribution in [2.45, 2.75) is 52.9 Å². The summed E-state index contributed by atoms with van der Waals surface area (Å²) in [7, 11) is 0. The molecular weight excluding hydrogens is 218 g/mol. The molecule has 0 saturated heterocycles. The van der Waals surface area contributed by atoms with Crippen molar-refractivity contribution in [3.05, 3.63) is 0 Å². The SMILES string of the molecule is CCOC(CNCC(O)C(CC)CC)OCC. The number of aliphatic hydroxyl groups is 1. The summed E-state index contributed by atoms with van der Waals surface area (Å²) in [5.74, 6) is 0.375. The van der Waals surface area contributed by atoms with Gasteiger partial charge in [0.1, 0.15) is 0 Å². The first kappa shape index (κ1) is 16.8. The fourth-order valence-electron chi connectivity index (χ4n) is 1.89. The fraction of sp³-hybridized carbons (Fsp3) is 1.00. The van der Waals surface area contributed by atoms with Crippen LogP contribution in [0.15, 0.2) is 0 Å². The summed E-state index contributed by atoms with van der Waals surface area (Å²) in [5, 5.41) is 13.1. The molecule has 4 heteroatoms. The molecule has 4 nitrogen and oxygen atoms in total. The van der Waals surface area contributed by atoms with Crippen molar-refractivity contribution in [1.29, 1.82) is 0 Å². The van der Waals surface area contributed by atoms with Gasteiger partial charge in [0.15, 0.2) is 6.29 Å². The Morgan fingerprint density at radius 2 is 1.47 bits per heavy atom. The summed E-state index contributed by atoms with van der Waals surface area (Å²) < 4.78 is 10.8. The predicted molar refractivity (Wildman–Crippen MR) is 70.0 cm³/mol. The van der Waals surface area contributed by atoms with E-state index >= 15 is 0 Å². The number of aliphatic hydroxyl groups excluding tert-OH is 1. The van der Waals surface area contributed by atoms with Crippen LogP contribution in [-0.2, 0) is 9.47 Å². The summed E-state index contributed by atoms with van der Waals surface area (Å²) in [6, 6.07) is 0. The lowest BCUT2D eigenvalue weighted by atomic mass is 9.97. The van der Waals surface area contributed by atoms with Gasteiger partial charge in [0.05, 0.1) is 6.10 Å². The zero-order valence-electron chi connectivity index (χ0n) is 11.7. The van der Waals surface area contributed by atoms with E-state index in [-0.39, 0.29) is 12.4 Å². The zero-order chi connectivity index (χ0) is 13.1. The van der Waals surface area contributed by atoms with E-state index in [0.29, 0.717) is 32.2 Å². The molecular formula is C13H29NO3. The highest BCUT2D eigenvalue weighted by Gasteiger charge is 2.15. The second kappa shape index (κ2) is 11.0. The van der Waals surface area contributed by atoms with Gasteiger partial charge in [-0.3, -0.25) is 0 Å². The summed E-state index contributed by atoms with van der Waals surface area (Å²) in [6.07, 6.45) is 1.53. The molecule has 0 saturated carbocycles. The van der Waals surface area contributed by atoms with Crippen LogP contribution < -0.4 is 5.32 Å². The van der Waals surface area contributed by atoms with Crippen LogP contribution in [-0.4, -0.2) is 43.8 Å². The van der Waals surface area contributed by atoms with Crippen molar-refractivity contribution < 1.29 is 14.6 Å². The molecule has 0 rings (SSSR count). The average molecular weight is 247 g/mol. The van der Waals surface area contributed by atoms with Crippen molar-refractivity contribution in [2.24, 2.45) is 5.92 Å². The molecule has 0 radical (unpaired) electrons. The van der Waals surface area contributed by atoms with Crippen LogP contribution >= 0.6 is 0 Å². The molecule has 0 fully saturated rings. The molecule has 0 aliphatic rings. The molecule has 0 bridgehead atoms. The lowest BCUT2D eigenvalue weighted by Gasteiger charge is -2.22. The van der Waals surface area contributed by atoms with Crippen molar-refractivity contribution >= 4 is 0 Å². The van der Waals surface area contributed by atoms with Gasteiger partial charge < -0.3 is 19.9 Å². The molecule has 2 N–H and O–H groups in total. The molecule has 0 heterocycles. The largest absolute Gasteiger partial charge is 0.392 e. The third kappa shape index (κ3) is 7.71. The monoisotopic (exact) mass is 247 g/mol. The maximum atomic E-state index is 9.94. The molecule has 1 atom stereocenters. The van der Waals surface area contributed by atoms with Crippen LogP contribution in [0, 0.1) is 5.92 Å². The maximum Gasteiger partial charge on any atom is 0.169 e. The van der Waals surface area contributed by atoms with Gasteiger partial charge in [0.25, 0.3) is 0 Å². The highest BCUT2D eigenvalue weighted by atomic mass is 16.7. The average Bonchev–Trinajstić information content (AvgIpc) is 2.31. The Balaban J connectivity index is 3.78. The minimum atomic E-state index is -0.283. The highest BCUT2D eigenvalue weighted by molar-refractivity contribution is 4.69. The van der Waals surface area contributed by atoms with Crippen LogP contribution in [0.3, 0.4) is 0 Å². The quantitative estimate of drug-likeness (QED) is 0.546. The van der Waals surface area contributed by atoms with Crippen LogP contribution in [0.1, 0.15) is 40.5 Å². The minimum absolute atomic E-state index is 0.209. The van der Waals surface area contributed by atoms with E-state index in [4.69, 9.17) is 9.47 Å². The lowest BCUT2D eigenvalue weighted by molar-refractivity contribution is -0.133. The molecule has 17 heavy (non-hydrogen) atoms. The van der Waals surface area contributed by atoms with Gasteiger partial charge in [-0.25, -0.2) is 0 Å². The normalized spacial score (nSPS) is 13.6. The molecule has 0 amide bonds. The Morgan fingerprint density at radius 3 is 1.88 bits per heavy atom. The molecule has 1 unspecified atom stereocenters. The molecule has 0 aromatic carbocycles. The van der Waals surface area contributed by atoms with Crippen molar-refractivity contribution in [3.8, 4) is 0 Å². The van der Waals surface area contributed by atoms with Gasteiger partial charge in [-0.15, -0.1) is 0 Å². The smallest absolute Gasteiger partial charge is 0.169 e. The Bertz CT molecular complexity index is 155. The van der Waals surface area contributed by atoms with Gasteiger partial charge in [0, 0.05) is 26.3 Å². The second-order valence-electron chi connectivity index (χ2n) is 4.14. The summed E-state index contributed by atoms with van der Waals surface area (Å²) in [6.45, 7) is 10.6. The Labute approximate surface area is 106 Å². The van der Waals surface area contributed by atoms with E-state index in [0.717, 1.165) is 12.8 Å². The topological polar surface area (TPSA) is 50.7 Å². The van der Waals surface area contributed by atoms with Crippen LogP contribution in [0.4, 0.5) is 0 Å². The predicted octanol–water partition coefficient (Wildman–Crippen LogP) is 1.77. The molecule has 104 valence electrons. The van der Waals surface area contributed by atoms with Crippen molar-refractivity contribution in [2.75, 3.05) is 26.3 Å². The molecule has 0 aromatic rings. The molecule has 0 aromatic heterocycles. The number of rotatable bonds is 11. The second-order valence-corrected chi connectivity index (χ2v) is 4.14. The van der Waals surface area contributed by atoms with Crippen LogP contribution in [0.2, 0.25) is 0 Å². The van der Waals surface area contributed by atoms with Crippen LogP contribution in [0.25, 0.3) is 0 Å². The first-order valence-corrected chi connectivity index (χ1v) is 6.81. The number of hydrogen-bond acceptors (Lipinski definition) is 4. The maximum absolute atomic E-state index is 9.94. The fourth-order valence-corrected chi connectivity index (χ4v) is 1.89. The number of hydrogen-bond donors (Lipinski definition) is 2. The van der Waals surface area contributed by atoms with Gasteiger partial charge >= 0.3 is 0 Å². The number of ether oxygens (including phenoxy) is 2. The van der Waals surface area contributed by atoms with E-state index in [1.807, 2.05) is 13.8 Å². The zero-order valence-corrected chi connectivity index (χ0v) is 11.7. The highest BCUT2D eigenvalue weighted by Crippen LogP contribution is 2.12. The first-order chi connectivity index (χ1) is 8.19. The van der Waals surface area contributed by atoms with E-state index in [1.165, 1.54) is 0 Å². The van der Waals surface area contributed by atoms with Gasteiger partial charge in [-0.2, -0.15) is 0 Å². The molecule has 0 aliphatic carbocycles. The summed E-state index contributed by atoms with van der Waals surface area (Å²) in [5.41, 5.74) is 0. The Hall–Kier alpha value is -0.160. The van der Waals surface area contributed by atoms with Crippen molar-refractivity contribution in [1.82, 2.24) is 5.32 Å². The minimum Gasteiger partial charge on any atom is -0.392 e. The summed E-state index contributed by atoms with van der Waals surface area (Å²) >= 11 is 0. The lowest BCUT2D eigenvalue weighted by Crippen LogP contribution is -2.38. The van der Waals surface area contributed by atoms with Gasteiger partial charge in [0.2, 0.25) is 0 Å². The van der Waals surface area contributed by atoms with E-state index < -0.39 is 0 Å². The van der Waals surface area contributed by atoms with Crippen LogP contribution in [0.5, 0.6) is 0 Å². The third-order valence-electron chi connectivity index (χ3n) is 2.96. The number of nitrogens with one attached hydrogen (secondary N) is 1. The Morgan fingerprint density at radius 1 is 0.941 bits per heavy atom. The van der Waals surface area contributed by atoms with Gasteiger partial charge in [-0.05, 0) is 19.8 Å². The summed E-state index contributed by atoms with van der Waals surface area (Å²) in [4.78, 5) is 0. The van der Waals surface area contributed by atoms with E-state index in [2.05, 4.69) is 19.2 Å². The first-order valence-electron chi connectivity index (χ1n) is 6.81. The van der Waals surface area contributed by atoms with E-state index in [9.17, 15) is 5.11 Å². The van der Waals surface area contributed by atoms with Crippen molar-refractivity contribution in [3.63, 3.8) is 0 Å². The van der Waals surface area contributed by atoms with Gasteiger partial charge in [-0.1, -0.05) is 26.7 Å². The van der Waals surface area contributed by atoms with E-state index in [1.54, 1.807) is 0 Å². The molecule has 0 aliphatic heterocycles. The third-order valence-corrected chi connectivity index (χ3v) is 2.96. The standard InChI is InChI=1S/C13H29NO3/c1-5-11(6-2)12(15)9-14-10-13(16-7-3)17-8-4/h11-15H,5-10H2,1-4H3. The Kier molecular flexibility index (Phi) is 10.9. The molecule has 0 spiro atoms.